The lowest BCUT2D eigenvalue weighted by molar-refractivity contribution is 0.374. The Morgan fingerprint density at radius 2 is 2.31 bits per heavy atom. The lowest BCUT2D eigenvalue weighted by Crippen LogP contribution is -2.34. The molecule has 5 heteroatoms. The van der Waals surface area contributed by atoms with E-state index < -0.39 is 0 Å². The summed E-state index contributed by atoms with van der Waals surface area (Å²) in [7, 11) is 1.65. The molecule has 0 radical (unpaired) electrons. The molecule has 1 aliphatic heterocycles. The summed E-state index contributed by atoms with van der Waals surface area (Å²) < 4.78 is 1.42. The maximum atomic E-state index is 11.6. The molecule has 1 aromatic heterocycles. The van der Waals surface area contributed by atoms with E-state index in [1.165, 1.54) is 4.57 Å². The Labute approximate surface area is 93.5 Å². The summed E-state index contributed by atoms with van der Waals surface area (Å²) in [5, 5.41) is 3.32. The van der Waals surface area contributed by atoms with Crippen LogP contribution >= 0.6 is 0 Å². The summed E-state index contributed by atoms with van der Waals surface area (Å²) in [5.41, 5.74) is 0.111. The Morgan fingerprint density at radius 1 is 1.50 bits per heavy atom. The van der Waals surface area contributed by atoms with Gasteiger partial charge in [0.2, 0.25) is 0 Å². The van der Waals surface area contributed by atoms with Crippen molar-refractivity contribution in [1.29, 1.82) is 0 Å². The van der Waals surface area contributed by atoms with Crippen molar-refractivity contribution in [3.63, 3.8) is 0 Å². The number of nitrogens with one attached hydrogen (secondary N) is 2. The fourth-order valence-corrected chi connectivity index (χ4v) is 2.17. The number of rotatable bonds is 2. The Bertz CT molecular complexity index is 469. The van der Waals surface area contributed by atoms with Crippen molar-refractivity contribution < 1.29 is 0 Å². The van der Waals surface area contributed by atoms with Crippen LogP contribution in [0.4, 0.5) is 0 Å². The topological polar surface area (TPSA) is 66.9 Å². The van der Waals surface area contributed by atoms with E-state index in [1.807, 2.05) is 0 Å². The van der Waals surface area contributed by atoms with Crippen LogP contribution in [0.5, 0.6) is 0 Å². The highest BCUT2D eigenvalue weighted by atomic mass is 16.2. The van der Waals surface area contributed by atoms with Gasteiger partial charge in [0.15, 0.2) is 0 Å². The van der Waals surface area contributed by atoms with Gasteiger partial charge in [-0.3, -0.25) is 9.78 Å². The molecule has 0 amide bonds. The largest absolute Gasteiger partial charge is 0.328 e. The second-order valence-corrected chi connectivity index (χ2v) is 4.44. The third-order valence-corrected chi connectivity index (χ3v) is 3.09. The van der Waals surface area contributed by atoms with Crippen LogP contribution in [0, 0.1) is 5.92 Å². The molecule has 2 rings (SSSR count). The van der Waals surface area contributed by atoms with Crippen LogP contribution in [-0.2, 0) is 13.5 Å². The fourth-order valence-electron chi connectivity index (χ4n) is 2.17. The van der Waals surface area contributed by atoms with Crippen LogP contribution in [0.1, 0.15) is 18.4 Å². The van der Waals surface area contributed by atoms with Gasteiger partial charge in [-0.05, 0) is 38.3 Å². The van der Waals surface area contributed by atoms with Crippen molar-refractivity contribution >= 4 is 0 Å². The predicted molar refractivity (Wildman–Crippen MR) is 61.6 cm³/mol. The van der Waals surface area contributed by atoms with Gasteiger partial charge >= 0.3 is 5.69 Å². The van der Waals surface area contributed by atoms with Crippen LogP contribution in [0.25, 0.3) is 0 Å². The summed E-state index contributed by atoms with van der Waals surface area (Å²) in [5.74, 6) is 0.507. The number of piperidine rings is 1. The molecule has 5 nitrogen and oxygen atoms in total. The second kappa shape index (κ2) is 4.65. The van der Waals surface area contributed by atoms with Crippen LogP contribution in [-0.4, -0.2) is 22.6 Å². The fraction of sp³-hybridized carbons (Fsp3) is 0.636. The monoisotopic (exact) mass is 223 g/mol. The normalized spacial score (nSPS) is 20.9. The summed E-state index contributed by atoms with van der Waals surface area (Å²) in [6, 6.07) is 0. The molecule has 0 aliphatic carbocycles. The Kier molecular flexibility index (Phi) is 3.24. The highest BCUT2D eigenvalue weighted by Gasteiger charge is 2.15. The van der Waals surface area contributed by atoms with Crippen molar-refractivity contribution in [3.8, 4) is 0 Å². The first-order chi connectivity index (χ1) is 7.66. The highest BCUT2D eigenvalue weighted by molar-refractivity contribution is 5.05. The number of hydrogen-bond acceptors (Lipinski definition) is 3. The van der Waals surface area contributed by atoms with Gasteiger partial charge in [0, 0.05) is 18.8 Å². The average Bonchev–Trinajstić information content (AvgIpc) is 2.27. The molecule has 1 saturated heterocycles. The van der Waals surface area contributed by atoms with E-state index in [0.717, 1.165) is 32.4 Å². The zero-order valence-corrected chi connectivity index (χ0v) is 9.45. The van der Waals surface area contributed by atoms with Crippen molar-refractivity contribution in [3.05, 3.63) is 32.6 Å². The van der Waals surface area contributed by atoms with Gasteiger partial charge in [0.1, 0.15) is 0 Å². The second-order valence-electron chi connectivity index (χ2n) is 4.44. The Hall–Kier alpha value is -1.36. The average molecular weight is 223 g/mol. The van der Waals surface area contributed by atoms with Gasteiger partial charge < -0.3 is 9.88 Å². The summed E-state index contributed by atoms with van der Waals surface area (Å²) >= 11 is 0. The van der Waals surface area contributed by atoms with E-state index in [2.05, 4.69) is 10.3 Å². The number of aryl methyl sites for hydroxylation is 1. The minimum absolute atomic E-state index is 0.242. The van der Waals surface area contributed by atoms with Crippen molar-refractivity contribution in [2.45, 2.75) is 19.3 Å². The van der Waals surface area contributed by atoms with Gasteiger partial charge in [-0.1, -0.05) is 0 Å². The molecule has 1 atom stereocenters. The Balaban J connectivity index is 2.17. The number of nitrogens with zero attached hydrogens (tertiary/aromatic N) is 1. The van der Waals surface area contributed by atoms with Crippen LogP contribution in [0.2, 0.25) is 0 Å². The zero-order valence-electron chi connectivity index (χ0n) is 9.45. The minimum atomic E-state index is -0.351. The first-order valence-electron chi connectivity index (χ1n) is 5.66. The molecular weight excluding hydrogens is 206 g/mol. The molecule has 1 aromatic rings. The quantitative estimate of drug-likeness (QED) is 0.718. The van der Waals surface area contributed by atoms with Gasteiger partial charge in [-0.2, -0.15) is 0 Å². The standard InChI is InChI=1S/C11H17N3O2/c1-14-7-9(10(15)13-11(14)16)5-8-3-2-4-12-6-8/h7-8,12H,2-6H2,1H3,(H,13,15,16). The Morgan fingerprint density at radius 3 is 3.00 bits per heavy atom. The molecule has 0 bridgehead atoms. The summed E-state index contributed by atoms with van der Waals surface area (Å²) in [4.78, 5) is 25.1. The van der Waals surface area contributed by atoms with Gasteiger partial charge in [0.25, 0.3) is 5.56 Å². The maximum Gasteiger partial charge on any atom is 0.328 e. The van der Waals surface area contributed by atoms with E-state index >= 15 is 0 Å². The van der Waals surface area contributed by atoms with E-state index in [4.69, 9.17) is 0 Å². The molecule has 0 saturated carbocycles. The van der Waals surface area contributed by atoms with Gasteiger partial charge in [-0.25, -0.2) is 4.79 Å². The number of aromatic nitrogens is 2. The maximum absolute atomic E-state index is 11.6. The lowest BCUT2D eigenvalue weighted by atomic mass is 9.93. The molecule has 0 spiro atoms. The summed E-state index contributed by atoms with van der Waals surface area (Å²) in [6.45, 7) is 2.03. The first kappa shape index (κ1) is 11.1. The highest BCUT2D eigenvalue weighted by Crippen LogP contribution is 2.13. The molecule has 1 unspecified atom stereocenters. The minimum Gasteiger partial charge on any atom is -0.316 e. The molecule has 2 heterocycles. The molecule has 2 N–H and O–H groups in total. The lowest BCUT2D eigenvalue weighted by Gasteiger charge is -2.22. The van der Waals surface area contributed by atoms with E-state index in [0.29, 0.717) is 11.5 Å². The molecular formula is C11H17N3O2. The molecule has 88 valence electrons. The van der Waals surface area contributed by atoms with E-state index in [-0.39, 0.29) is 11.2 Å². The third kappa shape index (κ3) is 2.41. The van der Waals surface area contributed by atoms with E-state index in [9.17, 15) is 9.59 Å². The molecule has 0 aromatic carbocycles. The van der Waals surface area contributed by atoms with Gasteiger partial charge in [-0.15, -0.1) is 0 Å². The predicted octanol–water partition coefficient (Wildman–Crippen LogP) is -0.384. The third-order valence-electron chi connectivity index (χ3n) is 3.09. The van der Waals surface area contributed by atoms with Crippen molar-refractivity contribution in [1.82, 2.24) is 14.9 Å². The van der Waals surface area contributed by atoms with Crippen LogP contribution < -0.4 is 16.6 Å². The van der Waals surface area contributed by atoms with Crippen LogP contribution in [0.3, 0.4) is 0 Å². The van der Waals surface area contributed by atoms with Crippen molar-refractivity contribution in [2.24, 2.45) is 13.0 Å². The number of H-pyrrole nitrogens is 1. The van der Waals surface area contributed by atoms with E-state index in [1.54, 1.807) is 13.2 Å². The van der Waals surface area contributed by atoms with Gasteiger partial charge in [0.05, 0.1) is 0 Å². The first-order valence-corrected chi connectivity index (χ1v) is 5.66. The molecule has 16 heavy (non-hydrogen) atoms. The summed E-state index contributed by atoms with van der Waals surface area (Å²) in [6.07, 6.45) is 4.70. The number of aromatic amines is 1. The molecule has 1 fully saturated rings. The van der Waals surface area contributed by atoms with Crippen LogP contribution in [0.15, 0.2) is 15.8 Å². The molecule has 1 aliphatic rings. The van der Waals surface area contributed by atoms with Crippen molar-refractivity contribution in [2.75, 3.05) is 13.1 Å². The smallest absolute Gasteiger partial charge is 0.316 e. The SMILES string of the molecule is Cn1cc(CC2CCCNC2)c(=O)[nH]c1=O. The number of hydrogen-bond donors (Lipinski definition) is 2. The zero-order chi connectivity index (χ0) is 11.5.